The van der Waals surface area contributed by atoms with Crippen molar-refractivity contribution in [2.75, 3.05) is 62.7 Å². The van der Waals surface area contributed by atoms with Crippen LogP contribution in [-0.4, -0.2) is 95.7 Å². The topological polar surface area (TPSA) is 135 Å². The lowest BCUT2D eigenvalue weighted by molar-refractivity contribution is -0.147. The van der Waals surface area contributed by atoms with E-state index in [-0.39, 0.29) is 31.6 Å². The van der Waals surface area contributed by atoms with Crippen LogP contribution in [0.2, 0.25) is 0 Å². The second-order valence-electron chi connectivity index (χ2n) is 12.1. The van der Waals surface area contributed by atoms with Gasteiger partial charge in [0.1, 0.15) is 25.1 Å². The van der Waals surface area contributed by atoms with Gasteiger partial charge in [0.25, 0.3) is 0 Å². The van der Waals surface area contributed by atoms with Crippen molar-refractivity contribution in [2.45, 2.75) is 50.9 Å². The Hall–Kier alpha value is -4.78. The van der Waals surface area contributed by atoms with Crippen LogP contribution in [0, 0.1) is 22.7 Å². The van der Waals surface area contributed by atoms with E-state index >= 15 is 0 Å². The van der Waals surface area contributed by atoms with Gasteiger partial charge in [0.2, 0.25) is 0 Å². The minimum Gasteiger partial charge on any atom is -0.462 e. The highest BCUT2D eigenvalue weighted by Crippen LogP contribution is 2.33. The summed E-state index contributed by atoms with van der Waals surface area (Å²) < 4.78 is 11.8. The van der Waals surface area contributed by atoms with Crippen molar-refractivity contribution in [3.05, 3.63) is 71.2 Å². The van der Waals surface area contributed by atoms with Gasteiger partial charge in [-0.2, -0.15) is 20.5 Å². The molecule has 12 nitrogen and oxygen atoms in total. The lowest BCUT2D eigenvalue weighted by Gasteiger charge is -2.42. The van der Waals surface area contributed by atoms with E-state index < -0.39 is 0 Å². The van der Waals surface area contributed by atoms with Crippen LogP contribution in [-0.2, 0) is 29.1 Å². The molecular formula is C34H39N9O3. The van der Waals surface area contributed by atoms with Crippen LogP contribution in [0.4, 0.5) is 11.5 Å². The number of aromatic nitrogens is 3. The molecule has 0 N–H and O–H groups in total. The highest BCUT2D eigenvalue weighted by molar-refractivity contribution is 5.72. The lowest BCUT2D eigenvalue weighted by Crippen LogP contribution is -2.55. The number of carbonyl (C=O) groups is 1. The number of esters is 1. The van der Waals surface area contributed by atoms with Crippen LogP contribution < -0.4 is 14.5 Å². The number of likely N-dealkylation sites (N-methyl/N-ethyl adjacent to an activating group) is 1. The molecule has 0 spiro atoms. The molecule has 238 valence electrons. The number of nitriles is 2. The molecule has 12 heteroatoms. The lowest BCUT2D eigenvalue weighted by atomic mass is 10.0. The molecule has 0 amide bonds. The van der Waals surface area contributed by atoms with Crippen LogP contribution in [0.25, 0.3) is 0 Å². The molecule has 1 aromatic carbocycles. The third-order valence-corrected chi connectivity index (χ3v) is 9.17. The molecule has 3 aromatic rings. The number of fused-ring (bicyclic) bond motifs is 1. The average molecular weight is 622 g/mol. The molecule has 0 aliphatic carbocycles. The Morgan fingerprint density at radius 3 is 2.70 bits per heavy atom. The van der Waals surface area contributed by atoms with E-state index in [1.165, 1.54) is 0 Å². The Kier molecular flexibility index (Phi) is 9.87. The molecular weight excluding hydrogens is 582 g/mol. The SMILES string of the molecule is CN1CCC[C@H]1COc1nc2c(c(N3CCN(CC(=O)OCc4ccccc4)C(CC#N)C3)n1)CCN(c1cnccc1C#N)C2. The first-order valence-electron chi connectivity index (χ1n) is 15.9. The Morgan fingerprint density at radius 2 is 1.91 bits per heavy atom. The number of carbonyl (C=O) groups excluding carboxylic acids is 1. The smallest absolute Gasteiger partial charge is 0.320 e. The number of hydrogen-bond acceptors (Lipinski definition) is 12. The van der Waals surface area contributed by atoms with E-state index in [0.717, 1.165) is 47.7 Å². The number of pyridine rings is 1. The van der Waals surface area contributed by atoms with E-state index in [4.69, 9.17) is 19.4 Å². The number of hydrogen-bond donors (Lipinski definition) is 0. The maximum atomic E-state index is 12.8. The van der Waals surface area contributed by atoms with Crippen molar-refractivity contribution >= 4 is 17.5 Å². The van der Waals surface area contributed by atoms with E-state index in [1.54, 1.807) is 18.5 Å². The van der Waals surface area contributed by atoms with Crippen molar-refractivity contribution in [3.63, 3.8) is 0 Å². The summed E-state index contributed by atoms with van der Waals surface area (Å²) in [6.07, 6.45) is 6.55. The van der Waals surface area contributed by atoms with Crippen molar-refractivity contribution in [3.8, 4) is 18.1 Å². The maximum Gasteiger partial charge on any atom is 0.320 e. The summed E-state index contributed by atoms with van der Waals surface area (Å²) in [5, 5.41) is 19.4. The van der Waals surface area contributed by atoms with Gasteiger partial charge in [-0.3, -0.25) is 14.7 Å². The van der Waals surface area contributed by atoms with E-state index in [1.807, 2.05) is 35.2 Å². The summed E-state index contributed by atoms with van der Waals surface area (Å²) in [4.78, 5) is 35.6. The molecule has 3 aliphatic heterocycles. The summed E-state index contributed by atoms with van der Waals surface area (Å²) in [5.41, 5.74) is 4.21. The summed E-state index contributed by atoms with van der Waals surface area (Å²) in [6.45, 7) is 4.85. The number of rotatable bonds is 10. The number of likely N-dealkylation sites (tertiary alicyclic amines) is 1. The van der Waals surface area contributed by atoms with Crippen molar-refractivity contribution in [2.24, 2.45) is 0 Å². The molecule has 2 fully saturated rings. The molecule has 46 heavy (non-hydrogen) atoms. The number of ether oxygens (including phenoxy) is 2. The molecule has 5 heterocycles. The Morgan fingerprint density at radius 1 is 1.04 bits per heavy atom. The van der Waals surface area contributed by atoms with Gasteiger partial charge >= 0.3 is 12.0 Å². The first kappa shape index (κ1) is 31.2. The van der Waals surface area contributed by atoms with Crippen LogP contribution in [0.3, 0.4) is 0 Å². The summed E-state index contributed by atoms with van der Waals surface area (Å²) in [7, 11) is 2.12. The summed E-state index contributed by atoms with van der Waals surface area (Å²) in [6, 6.07) is 16.4. The molecule has 6 rings (SSSR count). The maximum absolute atomic E-state index is 12.8. The zero-order chi connectivity index (χ0) is 31.9. The van der Waals surface area contributed by atoms with Gasteiger partial charge < -0.3 is 24.2 Å². The molecule has 1 unspecified atom stereocenters. The average Bonchev–Trinajstić information content (AvgIpc) is 3.51. The normalized spacial score (nSPS) is 20.1. The van der Waals surface area contributed by atoms with Gasteiger partial charge in [-0.05, 0) is 44.5 Å². The van der Waals surface area contributed by atoms with Crippen molar-refractivity contribution < 1.29 is 14.3 Å². The van der Waals surface area contributed by atoms with Crippen LogP contribution in [0.15, 0.2) is 48.8 Å². The predicted molar refractivity (Wildman–Crippen MR) is 171 cm³/mol. The van der Waals surface area contributed by atoms with Crippen LogP contribution >= 0.6 is 0 Å². The minimum atomic E-state index is -0.306. The zero-order valence-corrected chi connectivity index (χ0v) is 26.2. The number of anilines is 2. The number of piperazine rings is 1. The fourth-order valence-corrected chi connectivity index (χ4v) is 6.56. The predicted octanol–water partition coefficient (Wildman–Crippen LogP) is 2.93. The fourth-order valence-electron chi connectivity index (χ4n) is 6.56. The van der Waals surface area contributed by atoms with Gasteiger partial charge in [-0.25, -0.2) is 0 Å². The van der Waals surface area contributed by atoms with Crippen molar-refractivity contribution in [1.82, 2.24) is 24.8 Å². The van der Waals surface area contributed by atoms with Crippen LogP contribution in [0.1, 0.15) is 41.6 Å². The first-order chi connectivity index (χ1) is 22.5. The van der Waals surface area contributed by atoms with E-state index in [9.17, 15) is 15.3 Å². The summed E-state index contributed by atoms with van der Waals surface area (Å²) >= 11 is 0. The van der Waals surface area contributed by atoms with Crippen molar-refractivity contribution in [1.29, 1.82) is 10.5 Å². The second-order valence-corrected chi connectivity index (χ2v) is 12.1. The second kappa shape index (κ2) is 14.5. The minimum absolute atomic E-state index is 0.124. The first-order valence-corrected chi connectivity index (χ1v) is 15.9. The third-order valence-electron chi connectivity index (χ3n) is 9.17. The Balaban J connectivity index is 1.21. The highest BCUT2D eigenvalue weighted by Gasteiger charge is 2.33. The van der Waals surface area contributed by atoms with Gasteiger partial charge in [-0.15, -0.1) is 0 Å². The standard InChI is InChI=1S/C34H39N9O3/c1-40-14-5-8-28(40)24-46-34-38-30-21-42(31-19-37-13-10-26(31)18-36)15-11-29(30)33(39-34)43-17-16-41(27(20-43)9-12-35)22-32(44)45-23-25-6-3-2-4-7-25/h2-4,6-7,10,13,19,27-28H,5,8-9,11,14-17,20-24H2,1H3/t27?,28-/m0/s1. The number of benzene rings is 1. The fraction of sp³-hybridized carbons (Fsp3) is 0.471. The molecule has 0 saturated carbocycles. The molecule has 0 bridgehead atoms. The monoisotopic (exact) mass is 621 g/mol. The highest BCUT2D eigenvalue weighted by atomic mass is 16.5. The van der Waals surface area contributed by atoms with E-state index in [2.05, 4.69) is 38.9 Å². The molecule has 0 radical (unpaired) electrons. The molecule has 2 saturated heterocycles. The molecule has 2 atom stereocenters. The number of nitrogens with zero attached hydrogens (tertiary/aromatic N) is 9. The Bertz CT molecular complexity index is 1610. The van der Waals surface area contributed by atoms with Gasteiger partial charge in [0.15, 0.2) is 0 Å². The largest absolute Gasteiger partial charge is 0.462 e. The van der Waals surface area contributed by atoms with E-state index in [0.29, 0.717) is 63.4 Å². The molecule has 3 aliphatic rings. The summed E-state index contributed by atoms with van der Waals surface area (Å²) in [5.74, 6) is 0.514. The van der Waals surface area contributed by atoms with Gasteiger partial charge in [0, 0.05) is 50.0 Å². The zero-order valence-electron chi connectivity index (χ0n) is 26.2. The van der Waals surface area contributed by atoms with Crippen LogP contribution in [0.5, 0.6) is 6.01 Å². The van der Waals surface area contributed by atoms with Gasteiger partial charge in [0.05, 0.1) is 48.7 Å². The molecule has 2 aromatic heterocycles. The third kappa shape index (κ3) is 7.20. The van der Waals surface area contributed by atoms with Gasteiger partial charge in [-0.1, -0.05) is 30.3 Å². The quantitative estimate of drug-likeness (QED) is 0.308. The Labute approximate surface area is 269 Å².